The first kappa shape index (κ1) is 26.7. The van der Waals surface area contributed by atoms with Gasteiger partial charge in [0, 0.05) is 30.6 Å². The number of hydrogen-bond donors (Lipinski definition) is 2. The Kier molecular flexibility index (Phi) is 8.68. The van der Waals surface area contributed by atoms with Crippen LogP contribution in [0.3, 0.4) is 0 Å². The molecule has 10 heteroatoms. The molecule has 0 amide bonds. The van der Waals surface area contributed by atoms with Gasteiger partial charge in [-0.05, 0) is 62.6 Å². The number of methoxy groups -OCH3 is 1. The van der Waals surface area contributed by atoms with Crippen molar-refractivity contribution in [3.8, 4) is 17.0 Å². The van der Waals surface area contributed by atoms with Gasteiger partial charge in [0.2, 0.25) is 0 Å². The first-order chi connectivity index (χ1) is 18.6. The van der Waals surface area contributed by atoms with E-state index >= 15 is 0 Å². The number of nitrogens with zero attached hydrogens (tertiary/aromatic N) is 4. The Morgan fingerprint density at radius 3 is 2.63 bits per heavy atom. The molecule has 3 heterocycles. The molecule has 38 heavy (non-hydrogen) atoms. The van der Waals surface area contributed by atoms with Gasteiger partial charge in [0.1, 0.15) is 11.6 Å². The second-order valence-electron chi connectivity index (χ2n) is 9.43. The SMILES string of the molecule is COc1ccc(-c2csc(NC(C)c3nc4cc(Cl)c(N5CCCCC5)cc4n3CCOCCO)n2)cc1. The van der Waals surface area contributed by atoms with Crippen molar-refractivity contribution < 1.29 is 14.6 Å². The maximum Gasteiger partial charge on any atom is 0.183 e. The molecule has 1 unspecified atom stereocenters. The van der Waals surface area contributed by atoms with Gasteiger partial charge in [-0.1, -0.05) is 11.6 Å². The van der Waals surface area contributed by atoms with E-state index in [1.54, 1.807) is 18.4 Å². The molecule has 2 aromatic heterocycles. The monoisotopic (exact) mass is 555 g/mol. The second kappa shape index (κ2) is 12.3. The summed E-state index contributed by atoms with van der Waals surface area (Å²) in [5, 5.41) is 16.3. The molecule has 1 atom stereocenters. The van der Waals surface area contributed by atoms with E-state index in [1.807, 2.05) is 35.7 Å². The summed E-state index contributed by atoms with van der Waals surface area (Å²) in [6.07, 6.45) is 3.63. The van der Waals surface area contributed by atoms with Crippen LogP contribution in [0, 0.1) is 0 Å². The van der Waals surface area contributed by atoms with Crippen LogP contribution in [0.15, 0.2) is 41.8 Å². The zero-order valence-electron chi connectivity index (χ0n) is 21.8. The second-order valence-corrected chi connectivity index (χ2v) is 10.7. The summed E-state index contributed by atoms with van der Waals surface area (Å²) in [6.45, 7) is 5.54. The van der Waals surface area contributed by atoms with Crippen LogP contribution in [0.5, 0.6) is 5.75 Å². The molecule has 1 aliphatic heterocycles. The predicted octanol–water partition coefficient (Wildman–Crippen LogP) is 5.99. The summed E-state index contributed by atoms with van der Waals surface area (Å²) >= 11 is 8.33. The Hall–Kier alpha value is -2.85. The molecule has 5 rings (SSSR count). The molecule has 0 bridgehead atoms. The highest BCUT2D eigenvalue weighted by molar-refractivity contribution is 7.14. The van der Waals surface area contributed by atoms with Crippen LogP contribution in [0.4, 0.5) is 10.8 Å². The van der Waals surface area contributed by atoms with Crippen molar-refractivity contribution in [1.29, 1.82) is 0 Å². The summed E-state index contributed by atoms with van der Waals surface area (Å²) in [4.78, 5) is 12.2. The highest BCUT2D eigenvalue weighted by Gasteiger charge is 2.21. The zero-order valence-corrected chi connectivity index (χ0v) is 23.4. The average Bonchev–Trinajstić information content (AvgIpc) is 3.55. The molecular formula is C28H34ClN5O3S. The van der Waals surface area contributed by atoms with Crippen molar-refractivity contribution in [2.75, 3.05) is 50.2 Å². The third-order valence-corrected chi connectivity index (χ3v) is 7.93. The number of fused-ring (bicyclic) bond motifs is 1. The van der Waals surface area contributed by atoms with E-state index < -0.39 is 0 Å². The number of imidazole rings is 1. The number of aliphatic hydroxyl groups excluding tert-OH is 1. The third-order valence-electron chi connectivity index (χ3n) is 6.86. The predicted molar refractivity (Wildman–Crippen MR) is 155 cm³/mol. The zero-order chi connectivity index (χ0) is 26.5. The lowest BCUT2D eigenvalue weighted by Gasteiger charge is -2.29. The fourth-order valence-corrected chi connectivity index (χ4v) is 5.99. The molecule has 1 saturated heterocycles. The van der Waals surface area contributed by atoms with Crippen LogP contribution in [0.25, 0.3) is 22.3 Å². The van der Waals surface area contributed by atoms with Crippen molar-refractivity contribution >= 4 is 44.8 Å². The molecule has 1 fully saturated rings. The van der Waals surface area contributed by atoms with E-state index in [2.05, 4.69) is 27.8 Å². The number of halogens is 1. The number of thiazole rings is 1. The van der Waals surface area contributed by atoms with E-state index in [-0.39, 0.29) is 12.6 Å². The van der Waals surface area contributed by atoms with Crippen molar-refractivity contribution in [2.24, 2.45) is 0 Å². The number of aromatic nitrogens is 3. The Balaban J connectivity index is 1.42. The molecule has 2 N–H and O–H groups in total. The molecule has 1 aliphatic rings. The maximum absolute atomic E-state index is 9.14. The van der Waals surface area contributed by atoms with Gasteiger partial charge in [0.15, 0.2) is 5.13 Å². The molecule has 0 aliphatic carbocycles. The number of benzene rings is 2. The van der Waals surface area contributed by atoms with E-state index in [1.165, 1.54) is 19.3 Å². The lowest BCUT2D eigenvalue weighted by molar-refractivity contribution is 0.0870. The van der Waals surface area contributed by atoms with Gasteiger partial charge in [-0.3, -0.25) is 0 Å². The lowest BCUT2D eigenvalue weighted by atomic mass is 10.1. The molecule has 8 nitrogen and oxygen atoms in total. The van der Waals surface area contributed by atoms with Crippen molar-refractivity contribution in [3.63, 3.8) is 0 Å². The number of piperidine rings is 1. The van der Waals surface area contributed by atoms with Crippen LogP contribution in [0.2, 0.25) is 5.02 Å². The fraction of sp³-hybridized carbons (Fsp3) is 0.429. The van der Waals surface area contributed by atoms with Gasteiger partial charge in [-0.2, -0.15) is 0 Å². The van der Waals surface area contributed by atoms with Crippen molar-refractivity contribution in [1.82, 2.24) is 14.5 Å². The number of ether oxygens (including phenoxy) is 2. The normalized spacial score (nSPS) is 14.7. The number of rotatable bonds is 11. The summed E-state index contributed by atoms with van der Waals surface area (Å²) < 4.78 is 13.1. The molecule has 0 spiro atoms. The largest absolute Gasteiger partial charge is 0.497 e. The van der Waals surface area contributed by atoms with Crippen LogP contribution >= 0.6 is 22.9 Å². The van der Waals surface area contributed by atoms with Crippen molar-refractivity contribution in [3.05, 3.63) is 52.6 Å². The standard InChI is InChI=1S/C28H34ClN5O3S/c1-19(30-28-32-24(18-38-28)20-6-8-21(36-2)9-7-20)27-31-23-16-22(29)25(33-10-4-3-5-11-33)17-26(23)34(27)12-14-37-15-13-35/h6-9,16-19,35H,3-5,10-15H2,1-2H3,(H,30,32). The summed E-state index contributed by atoms with van der Waals surface area (Å²) in [7, 11) is 1.66. The Labute approximate surface area is 232 Å². The van der Waals surface area contributed by atoms with Crippen LogP contribution in [-0.4, -0.2) is 59.7 Å². The quantitative estimate of drug-likeness (QED) is 0.220. The number of nitrogens with one attached hydrogen (secondary N) is 1. The molecular weight excluding hydrogens is 522 g/mol. The van der Waals surface area contributed by atoms with E-state index in [4.69, 9.17) is 36.1 Å². The lowest BCUT2D eigenvalue weighted by Crippen LogP contribution is -2.29. The Morgan fingerprint density at radius 2 is 1.89 bits per heavy atom. The third kappa shape index (κ3) is 5.91. The van der Waals surface area contributed by atoms with Crippen molar-refractivity contribution in [2.45, 2.75) is 38.8 Å². The van der Waals surface area contributed by atoms with Gasteiger partial charge in [0.25, 0.3) is 0 Å². The van der Waals surface area contributed by atoms with Crippen LogP contribution in [-0.2, 0) is 11.3 Å². The minimum Gasteiger partial charge on any atom is -0.497 e. The first-order valence-corrected chi connectivity index (χ1v) is 14.3. The topological polar surface area (TPSA) is 84.7 Å². The van der Waals surface area contributed by atoms with E-state index in [0.29, 0.717) is 19.8 Å². The summed E-state index contributed by atoms with van der Waals surface area (Å²) in [6, 6.07) is 11.9. The van der Waals surface area contributed by atoms with E-state index in [0.717, 1.165) is 62.8 Å². The highest BCUT2D eigenvalue weighted by atomic mass is 35.5. The summed E-state index contributed by atoms with van der Waals surface area (Å²) in [5.41, 5.74) is 4.91. The Morgan fingerprint density at radius 1 is 1.11 bits per heavy atom. The summed E-state index contributed by atoms with van der Waals surface area (Å²) in [5.74, 6) is 1.71. The fourth-order valence-electron chi connectivity index (χ4n) is 4.90. The van der Waals surface area contributed by atoms with E-state index in [9.17, 15) is 0 Å². The minimum absolute atomic E-state index is 0.00475. The molecule has 0 radical (unpaired) electrons. The highest BCUT2D eigenvalue weighted by Crippen LogP contribution is 2.35. The number of anilines is 2. The maximum atomic E-state index is 9.14. The Bertz CT molecular complexity index is 1350. The molecule has 202 valence electrons. The number of aliphatic hydroxyl groups is 1. The molecule has 2 aromatic carbocycles. The average molecular weight is 556 g/mol. The van der Waals surface area contributed by atoms with Gasteiger partial charge < -0.3 is 29.4 Å². The van der Waals surface area contributed by atoms with Gasteiger partial charge in [0.05, 0.1) is 60.4 Å². The van der Waals surface area contributed by atoms with Gasteiger partial charge in [-0.25, -0.2) is 9.97 Å². The van der Waals surface area contributed by atoms with Crippen LogP contribution in [0.1, 0.15) is 38.1 Å². The van der Waals surface area contributed by atoms with Gasteiger partial charge >= 0.3 is 0 Å². The molecule has 4 aromatic rings. The minimum atomic E-state index is -0.104. The molecule has 0 saturated carbocycles. The van der Waals surface area contributed by atoms with Gasteiger partial charge in [-0.15, -0.1) is 11.3 Å². The smallest absolute Gasteiger partial charge is 0.183 e. The van der Waals surface area contributed by atoms with Crippen LogP contribution < -0.4 is 15.0 Å². The number of hydrogen-bond acceptors (Lipinski definition) is 8. The first-order valence-electron chi connectivity index (χ1n) is 13.1.